The predicted octanol–water partition coefficient (Wildman–Crippen LogP) is 3.40. The zero-order valence-electron chi connectivity index (χ0n) is 9.84. The summed E-state index contributed by atoms with van der Waals surface area (Å²) in [6.07, 6.45) is 1.56. The third-order valence-electron chi connectivity index (χ3n) is 2.62. The van der Waals surface area contributed by atoms with Gasteiger partial charge in [-0.05, 0) is 36.4 Å². The summed E-state index contributed by atoms with van der Waals surface area (Å²) in [5.41, 5.74) is 4.01. The second-order valence-electron chi connectivity index (χ2n) is 3.97. The SMILES string of the molecule is Cc1ccc(C#Cc2ncnc3ccsc23)cc1. The summed E-state index contributed by atoms with van der Waals surface area (Å²) in [5, 5.41) is 2.01. The molecule has 0 amide bonds. The van der Waals surface area contributed by atoms with Crippen LogP contribution in [0.3, 0.4) is 0 Å². The third-order valence-corrected chi connectivity index (χ3v) is 3.53. The Bertz CT molecular complexity index is 745. The van der Waals surface area contributed by atoms with E-state index in [1.165, 1.54) is 5.56 Å². The van der Waals surface area contributed by atoms with Gasteiger partial charge in [0.05, 0.1) is 10.2 Å². The molecular formula is C15H10N2S. The molecule has 0 unspecified atom stereocenters. The maximum atomic E-state index is 4.24. The van der Waals surface area contributed by atoms with Gasteiger partial charge in [0.1, 0.15) is 12.0 Å². The number of hydrogen-bond acceptors (Lipinski definition) is 3. The normalized spacial score (nSPS) is 10.1. The zero-order chi connectivity index (χ0) is 12.4. The van der Waals surface area contributed by atoms with Crippen molar-refractivity contribution in [1.82, 2.24) is 9.97 Å². The maximum Gasteiger partial charge on any atom is 0.134 e. The lowest BCUT2D eigenvalue weighted by molar-refractivity contribution is 1.21. The van der Waals surface area contributed by atoms with E-state index in [0.717, 1.165) is 21.5 Å². The van der Waals surface area contributed by atoms with Crippen molar-refractivity contribution in [2.24, 2.45) is 0 Å². The fourth-order valence-corrected chi connectivity index (χ4v) is 2.44. The fourth-order valence-electron chi connectivity index (χ4n) is 1.65. The molecule has 0 aliphatic carbocycles. The van der Waals surface area contributed by atoms with Crippen LogP contribution in [0, 0.1) is 18.8 Å². The Hall–Kier alpha value is -2.18. The summed E-state index contributed by atoms with van der Waals surface area (Å²) in [4.78, 5) is 8.44. The first-order valence-electron chi connectivity index (χ1n) is 5.60. The van der Waals surface area contributed by atoms with Crippen LogP contribution >= 0.6 is 11.3 Å². The van der Waals surface area contributed by atoms with Crippen molar-refractivity contribution in [3.05, 3.63) is 58.9 Å². The molecule has 0 atom stereocenters. The first-order chi connectivity index (χ1) is 8.83. The lowest BCUT2D eigenvalue weighted by Crippen LogP contribution is -1.84. The molecule has 2 heterocycles. The number of aryl methyl sites for hydroxylation is 1. The smallest absolute Gasteiger partial charge is 0.134 e. The van der Waals surface area contributed by atoms with Crippen LogP contribution in [0.4, 0.5) is 0 Å². The van der Waals surface area contributed by atoms with Gasteiger partial charge < -0.3 is 0 Å². The van der Waals surface area contributed by atoms with Crippen LogP contribution in [0.15, 0.2) is 42.0 Å². The molecule has 0 spiro atoms. The standard InChI is InChI=1S/C15H10N2S/c1-11-2-4-12(5-3-11)6-7-13-15-14(8-9-18-15)17-10-16-13/h2-5,8-10H,1H3. The number of thiophene rings is 1. The molecule has 1 aromatic carbocycles. The molecule has 0 aliphatic heterocycles. The van der Waals surface area contributed by atoms with Crippen molar-refractivity contribution in [1.29, 1.82) is 0 Å². The van der Waals surface area contributed by atoms with E-state index in [4.69, 9.17) is 0 Å². The first-order valence-corrected chi connectivity index (χ1v) is 6.48. The fraction of sp³-hybridized carbons (Fsp3) is 0.0667. The van der Waals surface area contributed by atoms with E-state index in [-0.39, 0.29) is 0 Å². The molecule has 2 nitrogen and oxygen atoms in total. The molecule has 3 rings (SSSR count). The topological polar surface area (TPSA) is 25.8 Å². The Morgan fingerprint density at radius 1 is 1.00 bits per heavy atom. The molecule has 18 heavy (non-hydrogen) atoms. The van der Waals surface area contributed by atoms with Crippen LogP contribution in [0.5, 0.6) is 0 Å². The molecule has 0 fully saturated rings. The largest absolute Gasteiger partial charge is 0.235 e. The van der Waals surface area contributed by atoms with Crippen molar-refractivity contribution in [3.8, 4) is 11.8 Å². The van der Waals surface area contributed by atoms with Crippen LogP contribution in [0.1, 0.15) is 16.8 Å². The first kappa shape index (κ1) is 10.9. The number of fused-ring (bicyclic) bond motifs is 1. The number of hydrogen-bond donors (Lipinski definition) is 0. The number of nitrogens with zero attached hydrogens (tertiary/aromatic N) is 2. The average molecular weight is 250 g/mol. The Kier molecular flexibility index (Phi) is 2.79. The molecule has 0 saturated carbocycles. The summed E-state index contributed by atoms with van der Waals surface area (Å²) < 4.78 is 1.05. The lowest BCUT2D eigenvalue weighted by Gasteiger charge is -1.93. The molecule has 3 heteroatoms. The number of aromatic nitrogens is 2. The quantitative estimate of drug-likeness (QED) is 0.571. The summed E-state index contributed by atoms with van der Waals surface area (Å²) in [6, 6.07) is 10.2. The van der Waals surface area contributed by atoms with Crippen molar-refractivity contribution < 1.29 is 0 Å². The highest BCUT2D eigenvalue weighted by Crippen LogP contribution is 2.20. The van der Waals surface area contributed by atoms with Crippen molar-refractivity contribution in [3.63, 3.8) is 0 Å². The highest BCUT2D eigenvalue weighted by atomic mass is 32.1. The lowest BCUT2D eigenvalue weighted by atomic mass is 10.1. The van der Waals surface area contributed by atoms with Gasteiger partial charge in [-0.1, -0.05) is 23.6 Å². The second kappa shape index (κ2) is 4.59. The Labute approximate surface area is 109 Å². The van der Waals surface area contributed by atoms with E-state index < -0.39 is 0 Å². The number of benzene rings is 1. The molecule has 0 N–H and O–H groups in total. The molecular weight excluding hydrogens is 240 g/mol. The van der Waals surface area contributed by atoms with Crippen LogP contribution in [-0.2, 0) is 0 Å². The summed E-state index contributed by atoms with van der Waals surface area (Å²) >= 11 is 1.62. The highest BCUT2D eigenvalue weighted by molar-refractivity contribution is 7.17. The summed E-state index contributed by atoms with van der Waals surface area (Å²) in [7, 11) is 0. The molecule has 2 aromatic heterocycles. The second-order valence-corrected chi connectivity index (χ2v) is 4.89. The Morgan fingerprint density at radius 3 is 2.67 bits per heavy atom. The van der Waals surface area contributed by atoms with Gasteiger partial charge >= 0.3 is 0 Å². The summed E-state index contributed by atoms with van der Waals surface area (Å²) in [6.45, 7) is 2.07. The van der Waals surface area contributed by atoms with Gasteiger partial charge in [-0.15, -0.1) is 11.3 Å². The zero-order valence-corrected chi connectivity index (χ0v) is 10.7. The van der Waals surface area contributed by atoms with Gasteiger partial charge in [-0.2, -0.15) is 0 Å². The minimum absolute atomic E-state index is 0.801. The van der Waals surface area contributed by atoms with Crippen LogP contribution in [-0.4, -0.2) is 9.97 Å². The van der Waals surface area contributed by atoms with E-state index in [9.17, 15) is 0 Å². The van der Waals surface area contributed by atoms with Crippen LogP contribution in [0.2, 0.25) is 0 Å². The van der Waals surface area contributed by atoms with Crippen molar-refractivity contribution in [2.75, 3.05) is 0 Å². The van der Waals surface area contributed by atoms with E-state index in [1.54, 1.807) is 17.7 Å². The molecule has 3 aromatic rings. The van der Waals surface area contributed by atoms with E-state index in [2.05, 4.69) is 40.9 Å². The van der Waals surface area contributed by atoms with Gasteiger partial charge in [-0.25, -0.2) is 9.97 Å². The van der Waals surface area contributed by atoms with Gasteiger partial charge in [-0.3, -0.25) is 0 Å². The van der Waals surface area contributed by atoms with Crippen molar-refractivity contribution in [2.45, 2.75) is 6.92 Å². The van der Waals surface area contributed by atoms with Gasteiger partial charge in [0, 0.05) is 5.56 Å². The van der Waals surface area contributed by atoms with Crippen LogP contribution < -0.4 is 0 Å². The van der Waals surface area contributed by atoms with E-state index >= 15 is 0 Å². The Balaban J connectivity index is 2.02. The minimum atomic E-state index is 0.801. The van der Waals surface area contributed by atoms with Crippen molar-refractivity contribution >= 4 is 21.6 Å². The van der Waals surface area contributed by atoms with Gasteiger partial charge in [0.2, 0.25) is 0 Å². The van der Waals surface area contributed by atoms with Crippen LogP contribution in [0.25, 0.3) is 10.2 Å². The average Bonchev–Trinajstić information content (AvgIpc) is 2.87. The molecule has 0 bridgehead atoms. The van der Waals surface area contributed by atoms with E-state index in [1.807, 2.05) is 23.6 Å². The van der Waals surface area contributed by atoms with E-state index in [0.29, 0.717) is 0 Å². The predicted molar refractivity (Wildman–Crippen MR) is 74.6 cm³/mol. The molecule has 0 radical (unpaired) electrons. The monoisotopic (exact) mass is 250 g/mol. The highest BCUT2D eigenvalue weighted by Gasteiger charge is 2.01. The third kappa shape index (κ3) is 2.11. The summed E-state index contributed by atoms with van der Waals surface area (Å²) in [5.74, 6) is 6.26. The Morgan fingerprint density at radius 2 is 1.83 bits per heavy atom. The maximum absolute atomic E-state index is 4.24. The molecule has 0 aliphatic rings. The van der Waals surface area contributed by atoms with Gasteiger partial charge in [0.25, 0.3) is 0 Å². The molecule has 86 valence electrons. The number of rotatable bonds is 0. The molecule has 0 saturated heterocycles. The van der Waals surface area contributed by atoms with Gasteiger partial charge in [0.15, 0.2) is 0 Å². The minimum Gasteiger partial charge on any atom is -0.235 e.